The van der Waals surface area contributed by atoms with E-state index in [2.05, 4.69) is 64.2 Å². The minimum absolute atomic E-state index is 0.189. The van der Waals surface area contributed by atoms with E-state index in [1.807, 2.05) is 0 Å². The summed E-state index contributed by atoms with van der Waals surface area (Å²) in [7, 11) is 0. The number of ether oxygens (including phenoxy) is 1. The second-order valence-corrected chi connectivity index (χ2v) is 15.3. The van der Waals surface area contributed by atoms with Crippen LogP contribution in [0.3, 0.4) is 0 Å². The van der Waals surface area contributed by atoms with E-state index in [9.17, 15) is 14.7 Å². The van der Waals surface area contributed by atoms with Crippen molar-refractivity contribution in [1.82, 2.24) is 0 Å². The number of unbranched alkanes of at least 4 members (excludes halogenated alkanes) is 22. The van der Waals surface area contributed by atoms with E-state index in [0.717, 1.165) is 95.8 Å². The molecule has 50 heavy (non-hydrogen) atoms. The number of hydrogen-bond acceptors (Lipinski definition) is 4. The molecule has 4 heteroatoms. The standard InChI is InChI=1S/C46H84O4/c1-5-7-9-11-13-15-17-19-21-22-24-26-28-32-36-40-44(47)46(49,45(48)50-42-38-34-30-31-35-39-43(3)4)41-37-33-29-27-25-23-20-18-16-14-12-10-8-6-2/h7,9,13,15,19,21,43,49H,5-6,8,10-12,14,16-18,20,22-42H2,1-4H3/b9-7-,15-13-,21-19-. The maximum Gasteiger partial charge on any atom is 0.345 e. The van der Waals surface area contributed by atoms with Crippen LogP contribution < -0.4 is 0 Å². The van der Waals surface area contributed by atoms with E-state index in [-0.39, 0.29) is 18.6 Å². The molecule has 292 valence electrons. The molecule has 0 aromatic heterocycles. The van der Waals surface area contributed by atoms with E-state index in [0.29, 0.717) is 13.0 Å². The van der Waals surface area contributed by atoms with Crippen molar-refractivity contribution in [3.63, 3.8) is 0 Å². The number of carbonyl (C=O) groups excluding carboxylic acids is 2. The van der Waals surface area contributed by atoms with Crippen molar-refractivity contribution < 1.29 is 19.4 Å². The molecule has 0 amide bonds. The molecule has 0 aromatic rings. The van der Waals surface area contributed by atoms with Gasteiger partial charge in [-0.3, -0.25) is 4.79 Å². The molecule has 0 heterocycles. The maximum absolute atomic E-state index is 13.3. The summed E-state index contributed by atoms with van der Waals surface area (Å²) in [4.78, 5) is 26.4. The number of aliphatic hydroxyl groups is 1. The van der Waals surface area contributed by atoms with Gasteiger partial charge in [-0.15, -0.1) is 0 Å². The van der Waals surface area contributed by atoms with Crippen molar-refractivity contribution in [3.05, 3.63) is 36.5 Å². The van der Waals surface area contributed by atoms with Gasteiger partial charge in [0.05, 0.1) is 6.61 Å². The van der Waals surface area contributed by atoms with Gasteiger partial charge in [-0.05, 0) is 63.7 Å². The molecule has 0 rings (SSSR count). The fourth-order valence-electron chi connectivity index (χ4n) is 6.51. The van der Waals surface area contributed by atoms with Crippen molar-refractivity contribution in [2.75, 3.05) is 6.61 Å². The number of esters is 1. The molecule has 0 spiro atoms. The van der Waals surface area contributed by atoms with Crippen LogP contribution in [-0.2, 0) is 14.3 Å². The molecule has 0 aliphatic carbocycles. The van der Waals surface area contributed by atoms with Gasteiger partial charge in [0.2, 0.25) is 5.60 Å². The van der Waals surface area contributed by atoms with Crippen molar-refractivity contribution in [1.29, 1.82) is 0 Å². The summed E-state index contributed by atoms with van der Waals surface area (Å²) in [5, 5.41) is 11.4. The van der Waals surface area contributed by atoms with Crippen LogP contribution in [0.4, 0.5) is 0 Å². The minimum Gasteiger partial charge on any atom is -0.463 e. The Bertz CT molecular complexity index is 841. The Morgan fingerprint density at radius 2 is 1.02 bits per heavy atom. The highest BCUT2D eigenvalue weighted by Crippen LogP contribution is 2.23. The summed E-state index contributed by atoms with van der Waals surface area (Å²) < 4.78 is 5.55. The van der Waals surface area contributed by atoms with Crippen molar-refractivity contribution in [2.24, 2.45) is 5.92 Å². The number of rotatable bonds is 38. The Labute approximate surface area is 311 Å². The lowest BCUT2D eigenvalue weighted by molar-refractivity contribution is -0.171. The summed E-state index contributed by atoms with van der Waals surface area (Å²) in [5.41, 5.74) is -1.99. The van der Waals surface area contributed by atoms with Gasteiger partial charge in [-0.25, -0.2) is 4.79 Å². The lowest BCUT2D eigenvalue weighted by atomic mass is 9.88. The third-order valence-corrected chi connectivity index (χ3v) is 9.90. The van der Waals surface area contributed by atoms with Crippen molar-refractivity contribution in [2.45, 2.75) is 232 Å². The van der Waals surface area contributed by atoms with Crippen LogP contribution in [0.25, 0.3) is 0 Å². The lowest BCUT2D eigenvalue weighted by Gasteiger charge is -2.25. The van der Waals surface area contributed by atoms with Crippen LogP contribution in [-0.4, -0.2) is 29.1 Å². The number of Topliss-reactive ketones (excluding diaryl/α,β-unsaturated/α-hetero) is 1. The van der Waals surface area contributed by atoms with E-state index >= 15 is 0 Å². The second-order valence-electron chi connectivity index (χ2n) is 15.3. The van der Waals surface area contributed by atoms with Gasteiger partial charge in [0.1, 0.15) is 0 Å². The van der Waals surface area contributed by atoms with Crippen LogP contribution in [0.15, 0.2) is 36.5 Å². The van der Waals surface area contributed by atoms with Crippen molar-refractivity contribution in [3.8, 4) is 0 Å². The van der Waals surface area contributed by atoms with Crippen LogP contribution in [0, 0.1) is 5.92 Å². The Hall–Kier alpha value is -1.68. The molecule has 0 aromatic carbocycles. The third-order valence-electron chi connectivity index (χ3n) is 9.90. The topological polar surface area (TPSA) is 63.6 Å². The monoisotopic (exact) mass is 701 g/mol. The fraction of sp³-hybridized carbons (Fsp3) is 0.826. The number of allylic oxidation sites excluding steroid dienone is 6. The highest BCUT2D eigenvalue weighted by Gasteiger charge is 2.43. The quantitative estimate of drug-likeness (QED) is 0.0301. The van der Waals surface area contributed by atoms with E-state index in [1.165, 1.54) is 89.9 Å². The predicted molar refractivity (Wildman–Crippen MR) is 218 cm³/mol. The zero-order valence-corrected chi connectivity index (χ0v) is 33.8. The van der Waals surface area contributed by atoms with Crippen molar-refractivity contribution >= 4 is 11.8 Å². The average molecular weight is 701 g/mol. The van der Waals surface area contributed by atoms with Gasteiger partial charge in [0, 0.05) is 6.42 Å². The molecule has 0 saturated heterocycles. The van der Waals surface area contributed by atoms with Gasteiger partial charge in [-0.2, -0.15) is 0 Å². The van der Waals surface area contributed by atoms with Gasteiger partial charge in [0.15, 0.2) is 5.78 Å². The largest absolute Gasteiger partial charge is 0.463 e. The Balaban J connectivity index is 4.43. The summed E-state index contributed by atoms with van der Waals surface area (Å²) >= 11 is 0. The van der Waals surface area contributed by atoms with Crippen LogP contribution in [0.5, 0.6) is 0 Å². The second kappa shape index (κ2) is 37.1. The molecule has 0 radical (unpaired) electrons. The van der Waals surface area contributed by atoms with E-state index in [1.54, 1.807) is 0 Å². The molecule has 1 atom stereocenters. The molecule has 0 aliphatic heterocycles. The van der Waals surface area contributed by atoms with Gasteiger partial charge >= 0.3 is 5.97 Å². The molecular formula is C46H84O4. The number of hydrogen-bond donors (Lipinski definition) is 1. The zero-order chi connectivity index (χ0) is 36.8. The first-order chi connectivity index (χ1) is 24.4. The number of ketones is 1. The molecule has 0 fully saturated rings. The first-order valence-corrected chi connectivity index (χ1v) is 21.8. The SMILES string of the molecule is CC/C=C\C/C=C\C/C=C\CCCCCCCC(=O)C(O)(CCCCCCCCCCCCCCCC)C(=O)OCCCCCCCC(C)C. The zero-order valence-electron chi connectivity index (χ0n) is 33.8. The summed E-state index contributed by atoms with van der Waals surface area (Å²) in [5.74, 6) is -0.308. The molecule has 0 saturated carbocycles. The van der Waals surface area contributed by atoms with Crippen LogP contribution in [0.2, 0.25) is 0 Å². The molecule has 1 N–H and O–H groups in total. The van der Waals surface area contributed by atoms with Crippen LogP contribution in [0.1, 0.15) is 227 Å². The van der Waals surface area contributed by atoms with Gasteiger partial charge in [0.25, 0.3) is 0 Å². The van der Waals surface area contributed by atoms with Gasteiger partial charge in [-0.1, -0.05) is 199 Å². The highest BCUT2D eigenvalue weighted by atomic mass is 16.5. The lowest BCUT2D eigenvalue weighted by Crippen LogP contribution is -2.48. The van der Waals surface area contributed by atoms with Crippen LogP contribution >= 0.6 is 0 Å². The molecule has 4 nitrogen and oxygen atoms in total. The summed E-state index contributed by atoms with van der Waals surface area (Å²) in [6, 6.07) is 0. The van der Waals surface area contributed by atoms with Gasteiger partial charge < -0.3 is 9.84 Å². The molecule has 0 bridgehead atoms. The molecule has 1 unspecified atom stereocenters. The third kappa shape index (κ3) is 31.1. The smallest absolute Gasteiger partial charge is 0.345 e. The average Bonchev–Trinajstić information content (AvgIpc) is 3.10. The summed E-state index contributed by atoms with van der Waals surface area (Å²) in [6.45, 7) is 9.23. The van der Waals surface area contributed by atoms with E-state index < -0.39 is 11.6 Å². The van der Waals surface area contributed by atoms with E-state index in [4.69, 9.17) is 4.74 Å². The Kier molecular flexibility index (Phi) is 35.8. The molecular weight excluding hydrogens is 617 g/mol. The fourth-order valence-corrected chi connectivity index (χ4v) is 6.51. The summed E-state index contributed by atoms with van der Waals surface area (Å²) in [6.07, 6.45) is 47.1. The molecule has 0 aliphatic rings. The Morgan fingerprint density at radius 1 is 0.560 bits per heavy atom. The Morgan fingerprint density at radius 3 is 1.58 bits per heavy atom. The normalized spacial score (nSPS) is 13.3. The highest BCUT2D eigenvalue weighted by molar-refractivity contribution is 6.06. The first-order valence-electron chi connectivity index (χ1n) is 21.8. The predicted octanol–water partition coefficient (Wildman–Crippen LogP) is 14.3. The first kappa shape index (κ1) is 48.3. The minimum atomic E-state index is -1.99. The number of carbonyl (C=O) groups is 2. The maximum atomic E-state index is 13.3.